The van der Waals surface area contributed by atoms with Crippen LogP contribution < -0.4 is 0 Å². The van der Waals surface area contributed by atoms with Crippen molar-refractivity contribution >= 4 is 11.8 Å². The summed E-state index contributed by atoms with van der Waals surface area (Å²) < 4.78 is 7.77. The van der Waals surface area contributed by atoms with Crippen LogP contribution in [-0.4, -0.2) is 28.5 Å². The third-order valence-electron chi connectivity index (χ3n) is 4.00. The van der Waals surface area contributed by atoms with Crippen molar-refractivity contribution in [3.05, 3.63) is 60.7 Å². The van der Waals surface area contributed by atoms with Crippen molar-refractivity contribution in [1.29, 1.82) is 0 Å². The molecule has 0 saturated carbocycles. The Balaban J connectivity index is 1.92. The molecule has 0 bridgehead atoms. The van der Waals surface area contributed by atoms with Gasteiger partial charge in [-0.25, -0.2) is 4.98 Å². The molecule has 4 rings (SSSR count). The van der Waals surface area contributed by atoms with E-state index < -0.39 is 0 Å². The summed E-state index contributed by atoms with van der Waals surface area (Å²) in [5, 5.41) is 1.04. The molecule has 116 valence electrons. The quantitative estimate of drug-likeness (QED) is 0.517. The lowest BCUT2D eigenvalue weighted by molar-refractivity contribution is 0.377. The molecular formula is C19H18N2OS. The molecule has 3 aromatic rings. The molecule has 2 aromatic carbocycles. The summed E-state index contributed by atoms with van der Waals surface area (Å²) in [5.74, 6) is 0. The van der Waals surface area contributed by atoms with Crippen molar-refractivity contribution in [2.45, 2.75) is 17.8 Å². The zero-order valence-electron chi connectivity index (χ0n) is 13.0. The second kappa shape index (κ2) is 6.22. The van der Waals surface area contributed by atoms with Gasteiger partial charge in [0.1, 0.15) is 0 Å². The first-order chi connectivity index (χ1) is 11.4. The van der Waals surface area contributed by atoms with E-state index in [1.165, 1.54) is 11.3 Å². The van der Waals surface area contributed by atoms with Gasteiger partial charge in [-0.1, -0.05) is 72.4 Å². The summed E-state index contributed by atoms with van der Waals surface area (Å²) in [7, 11) is 0. The molecule has 4 heteroatoms. The van der Waals surface area contributed by atoms with Gasteiger partial charge in [0.2, 0.25) is 0 Å². The fourth-order valence-electron chi connectivity index (χ4n) is 2.82. The number of ether oxygens (including phenoxy) is 1. The predicted octanol–water partition coefficient (Wildman–Crippen LogP) is 4.34. The van der Waals surface area contributed by atoms with Gasteiger partial charge in [-0.15, -0.1) is 0 Å². The number of hydrogen-bond donors (Lipinski definition) is 0. The molecule has 3 nitrogen and oxygen atoms in total. The van der Waals surface area contributed by atoms with Crippen molar-refractivity contribution < 1.29 is 4.74 Å². The first kappa shape index (κ1) is 14.5. The Morgan fingerprint density at radius 3 is 2.22 bits per heavy atom. The Bertz CT molecular complexity index is 795. The Labute approximate surface area is 140 Å². The molecule has 0 N–H and O–H groups in total. The Hall–Kier alpha value is -2.04. The molecule has 1 aliphatic rings. The third-order valence-corrected chi connectivity index (χ3v) is 4.67. The lowest BCUT2D eigenvalue weighted by Crippen LogP contribution is -2.07. The van der Waals surface area contributed by atoms with Crippen molar-refractivity contribution in [3.8, 4) is 22.5 Å². The van der Waals surface area contributed by atoms with Gasteiger partial charge in [-0.05, 0) is 6.26 Å². The van der Waals surface area contributed by atoms with Crippen LogP contribution in [0.2, 0.25) is 0 Å². The predicted molar refractivity (Wildman–Crippen MR) is 94.6 cm³/mol. The fourth-order valence-corrected chi connectivity index (χ4v) is 3.39. The van der Waals surface area contributed by atoms with E-state index in [0.717, 1.165) is 29.6 Å². The van der Waals surface area contributed by atoms with E-state index in [0.29, 0.717) is 6.10 Å². The maximum Gasteiger partial charge on any atom is 0.168 e. The molecule has 2 heterocycles. The average molecular weight is 322 g/mol. The number of nitrogens with zero attached hydrogens (tertiary/aromatic N) is 2. The average Bonchev–Trinajstić information content (AvgIpc) is 3.35. The molecule has 1 unspecified atom stereocenters. The minimum atomic E-state index is 0.321. The molecule has 0 amide bonds. The van der Waals surface area contributed by atoms with Gasteiger partial charge in [-0.3, -0.25) is 0 Å². The van der Waals surface area contributed by atoms with E-state index in [1.54, 1.807) is 11.8 Å². The molecule has 1 aliphatic heterocycles. The van der Waals surface area contributed by atoms with Crippen molar-refractivity contribution in [2.24, 2.45) is 0 Å². The lowest BCUT2D eigenvalue weighted by atomic mass is 10.0. The second-order valence-corrected chi connectivity index (χ2v) is 6.37. The van der Waals surface area contributed by atoms with E-state index in [1.807, 2.05) is 12.1 Å². The van der Waals surface area contributed by atoms with Gasteiger partial charge in [0.05, 0.1) is 30.6 Å². The van der Waals surface area contributed by atoms with Crippen LogP contribution in [-0.2, 0) is 11.3 Å². The Morgan fingerprint density at radius 2 is 1.65 bits per heavy atom. The number of hydrogen-bond acceptors (Lipinski definition) is 3. The van der Waals surface area contributed by atoms with Crippen molar-refractivity contribution in [2.75, 3.05) is 12.9 Å². The number of imidazole rings is 1. The molecule has 1 aromatic heterocycles. The highest BCUT2D eigenvalue weighted by molar-refractivity contribution is 7.98. The summed E-state index contributed by atoms with van der Waals surface area (Å²) in [6, 6.07) is 20.9. The summed E-state index contributed by atoms with van der Waals surface area (Å²) in [4.78, 5) is 4.93. The van der Waals surface area contributed by atoms with Crippen LogP contribution in [0.1, 0.15) is 0 Å². The molecule has 1 atom stereocenters. The second-order valence-electron chi connectivity index (χ2n) is 5.59. The smallest absolute Gasteiger partial charge is 0.168 e. The Kier molecular flexibility index (Phi) is 3.93. The van der Waals surface area contributed by atoms with Gasteiger partial charge in [0.15, 0.2) is 5.16 Å². The zero-order chi connectivity index (χ0) is 15.6. The molecule has 0 aliphatic carbocycles. The standard InChI is InChI=1S/C19H18N2OS/c1-23-19-20-17(14-8-4-2-5-9-14)18(15-10-6-3-7-11-15)21(19)12-16-13-22-16/h2-11,16H,12-13H2,1H3. The maximum atomic E-state index is 5.46. The first-order valence-corrected chi connectivity index (χ1v) is 8.96. The topological polar surface area (TPSA) is 30.4 Å². The maximum absolute atomic E-state index is 5.46. The van der Waals surface area contributed by atoms with Crippen LogP contribution in [0.4, 0.5) is 0 Å². The summed E-state index contributed by atoms with van der Waals surface area (Å²) in [6.45, 7) is 1.71. The number of rotatable bonds is 5. The molecular weight excluding hydrogens is 304 g/mol. The highest BCUT2D eigenvalue weighted by Crippen LogP contribution is 2.36. The summed E-state index contributed by atoms with van der Waals surface area (Å²) in [6.07, 6.45) is 2.40. The van der Waals surface area contributed by atoms with Crippen LogP contribution in [0.15, 0.2) is 65.8 Å². The van der Waals surface area contributed by atoms with Crippen LogP contribution in [0, 0.1) is 0 Å². The van der Waals surface area contributed by atoms with E-state index in [2.05, 4.69) is 59.4 Å². The van der Waals surface area contributed by atoms with Crippen LogP contribution in [0.25, 0.3) is 22.5 Å². The molecule has 23 heavy (non-hydrogen) atoms. The number of benzene rings is 2. The molecule has 0 radical (unpaired) electrons. The third kappa shape index (κ3) is 2.92. The largest absolute Gasteiger partial charge is 0.371 e. The van der Waals surface area contributed by atoms with Gasteiger partial charge >= 0.3 is 0 Å². The van der Waals surface area contributed by atoms with Crippen LogP contribution in [0.3, 0.4) is 0 Å². The van der Waals surface area contributed by atoms with Crippen LogP contribution >= 0.6 is 11.8 Å². The highest BCUT2D eigenvalue weighted by atomic mass is 32.2. The van der Waals surface area contributed by atoms with Gasteiger partial charge in [0.25, 0.3) is 0 Å². The van der Waals surface area contributed by atoms with Gasteiger partial charge in [-0.2, -0.15) is 0 Å². The molecule has 1 fully saturated rings. The van der Waals surface area contributed by atoms with E-state index in [4.69, 9.17) is 9.72 Å². The monoisotopic (exact) mass is 322 g/mol. The number of thioether (sulfide) groups is 1. The summed E-state index contributed by atoms with van der Waals surface area (Å²) in [5.41, 5.74) is 4.57. The minimum absolute atomic E-state index is 0.321. The van der Waals surface area contributed by atoms with E-state index >= 15 is 0 Å². The van der Waals surface area contributed by atoms with E-state index in [9.17, 15) is 0 Å². The number of epoxide rings is 1. The molecule has 0 spiro atoms. The van der Waals surface area contributed by atoms with Crippen molar-refractivity contribution in [1.82, 2.24) is 9.55 Å². The minimum Gasteiger partial charge on any atom is -0.371 e. The lowest BCUT2D eigenvalue weighted by Gasteiger charge is -2.11. The van der Waals surface area contributed by atoms with Gasteiger partial charge in [0, 0.05) is 11.1 Å². The van der Waals surface area contributed by atoms with Crippen molar-refractivity contribution in [3.63, 3.8) is 0 Å². The summed E-state index contributed by atoms with van der Waals surface area (Å²) >= 11 is 1.69. The highest BCUT2D eigenvalue weighted by Gasteiger charge is 2.27. The molecule has 1 saturated heterocycles. The SMILES string of the molecule is CSc1nc(-c2ccccc2)c(-c2ccccc2)n1CC1CO1. The number of aromatic nitrogens is 2. The fraction of sp³-hybridized carbons (Fsp3) is 0.211. The van der Waals surface area contributed by atoms with E-state index in [-0.39, 0.29) is 0 Å². The first-order valence-electron chi connectivity index (χ1n) is 7.74. The Morgan fingerprint density at radius 1 is 1.04 bits per heavy atom. The van der Waals surface area contributed by atoms with Gasteiger partial charge < -0.3 is 9.30 Å². The van der Waals surface area contributed by atoms with Crippen LogP contribution in [0.5, 0.6) is 0 Å². The zero-order valence-corrected chi connectivity index (χ0v) is 13.8. The normalized spacial score (nSPS) is 16.5.